The number of hydrogen-bond donors (Lipinski definition) is 0. The molecule has 0 atom stereocenters. The van der Waals surface area contributed by atoms with Crippen LogP contribution in [0.4, 0.5) is 30.7 Å². The summed E-state index contributed by atoms with van der Waals surface area (Å²) in [4.78, 5) is 4.46. The fourth-order valence-corrected chi connectivity index (χ4v) is 3.72. The average Bonchev–Trinajstić information content (AvgIpc) is 2.94. The zero-order chi connectivity index (χ0) is 21.6. The molecule has 2 aromatic rings. The smallest absolute Gasteiger partial charge is 0.285 e. The highest BCUT2D eigenvalue weighted by Gasteiger charge is 2.59. The third-order valence-corrected chi connectivity index (χ3v) is 5.06. The molecule has 0 aromatic carbocycles. The molecule has 29 heavy (non-hydrogen) atoms. The molecule has 1 aliphatic rings. The molecule has 0 saturated carbocycles. The van der Waals surface area contributed by atoms with Gasteiger partial charge in [-0.2, -0.15) is 31.4 Å². The second kappa shape index (κ2) is 7.58. The normalized spacial score (nSPS) is 17.3. The van der Waals surface area contributed by atoms with Gasteiger partial charge >= 0.3 is 12.4 Å². The average molecular weight is 424 g/mol. The largest absolute Gasteiger partial charge is 0.412 e. The van der Waals surface area contributed by atoms with E-state index >= 15 is 0 Å². The summed E-state index contributed by atoms with van der Waals surface area (Å²) in [6.07, 6.45) is -9.47. The van der Waals surface area contributed by atoms with Gasteiger partial charge in [0.25, 0.3) is 0 Å². The Balaban J connectivity index is 1.77. The number of likely N-dealkylation sites (tertiary alicyclic amines) is 1. The molecular formula is C18H19F7N4. The SMILES string of the molecule is Cc1cc(F)cnc1-n1nc(C2CCN(C(C(F)(F)F)C(F)(F)F)CC2)cc1C. The van der Waals surface area contributed by atoms with E-state index in [4.69, 9.17) is 0 Å². The molecule has 1 saturated heterocycles. The molecule has 0 aliphatic carbocycles. The van der Waals surface area contributed by atoms with E-state index in [1.807, 2.05) is 0 Å². The lowest BCUT2D eigenvalue weighted by Crippen LogP contribution is -2.56. The standard InChI is InChI=1S/C18H19F7N4/c1-10-7-13(19)9-26-15(10)29-11(2)8-14(27-29)12-3-5-28(6-4-12)16(17(20,21)22)18(23,24)25/h7-9,12,16H,3-6H2,1-2H3. The summed E-state index contributed by atoms with van der Waals surface area (Å²) in [5, 5.41) is 4.43. The van der Waals surface area contributed by atoms with Crippen LogP contribution in [0.2, 0.25) is 0 Å². The molecule has 11 heteroatoms. The number of nitrogens with zero attached hydrogens (tertiary/aromatic N) is 4. The maximum Gasteiger partial charge on any atom is 0.412 e. The van der Waals surface area contributed by atoms with Crippen LogP contribution in [0.1, 0.15) is 35.7 Å². The van der Waals surface area contributed by atoms with Crippen LogP contribution < -0.4 is 0 Å². The van der Waals surface area contributed by atoms with Gasteiger partial charge in [0.15, 0.2) is 5.82 Å². The van der Waals surface area contributed by atoms with E-state index in [1.54, 1.807) is 19.9 Å². The van der Waals surface area contributed by atoms with Crippen LogP contribution in [0.25, 0.3) is 5.82 Å². The van der Waals surface area contributed by atoms with Crippen LogP contribution in [0.5, 0.6) is 0 Å². The van der Waals surface area contributed by atoms with Crippen molar-refractivity contribution in [2.75, 3.05) is 13.1 Å². The molecule has 3 heterocycles. The summed E-state index contributed by atoms with van der Waals surface area (Å²) < 4.78 is 92.3. The van der Waals surface area contributed by atoms with Crippen LogP contribution >= 0.6 is 0 Å². The van der Waals surface area contributed by atoms with E-state index in [2.05, 4.69) is 10.1 Å². The number of hydrogen-bond acceptors (Lipinski definition) is 3. The minimum Gasteiger partial charge on any atom is -0.285 e. The third-order valence-electron chi connectivity index (χ3n) is 5.06. The van der Waals surface area contributed by atoms with E-state index in [0.717, 1.165) is 6.20 Å². The molecule has 0 spiro atoms. The van der Waals surface area contributed by atoms with E-state index in [9.17, 15) is 30.7 Å². The van der Waals surface area contributed by atoms with Crippen molar-refractivity contribution in [3.63, 3.8) is 0 Å². The minimum atomic E-state index is -5.38. The van der Waals surface area contributed by atoms with Gasteiger partial charge in [0.05, 0.1) is 11.9 Å². The maximum atomic E-state index is 13.3. The first kappa shape index (κ1) is 21.5. The van der Waals surface area contributed by atoms with Crippen molar-refractivity contribution in [2.45, 2.75) is 51.0 Å². The third kappa shape index (κ3) is 4.54. The van der Waals surface area contributed by atoms with Gasteiger partial charge in [-0.1, -0.05) is 0 Å². The number of piperidine rings is 1. The zero-order valence-electron chi connectivity index (χ0n) is 15.6. The Morgan fingerprint density at radius 3 is 2.10 bits per heavy atom. The van der Waals surface area contributed by atoms with Crippen molar-refractivity contribution >= 4 is 0 Å². The number of alkyl halides is 6. The summed E-state index contributed by atoms with van der Waals surface area (Å²) in [6.45, 7) is 2.74. The fraction of sp³-hybridized carbons (Fsp3) is 0.556. The number of pyridine rings is 1. The number of halogens is 7. The Morgan fingerprint density at radius 2 is 1.59 bits per heavy atom. The number of rotatable bonds is 3. The Labute approximate surface area is 162 Å². The van der Waals surface area contributed by atoms with Gasteiger partial charge in [-0.25, -0.2) is 14.1 Å². The summed E-state index contributed by atoms with van der Waals surface area (Å²) in [6, 6.07) is -0.424. The predicted molar refractivity (Wildman–Crippen MR) is 90.2 cm³/mol. The van der Waals surface area contributed by atoms with Crippen LogP contribution in [0.15, 0.2) is 18.3 Å². The molecular weight excluding hydrogens is 405 g/mol. The van der Waals surface area contributed by atoms with E-state index < -0.39 is 24.2 Å². The molecule has 0 bridgehead atoms. The molecule has 160 valence electrons. The van der Waals surface area contributed by atoms with Crippen molar-refractivity contribution in [3.05, 3.63) is 41.1 Å². The van der Waals surface area contributed by atoms with Gasteiger partial charge in [-0.3, -0.25) is 4.90 Å². The molecule has 0 unspecified atom stereocenters. The summed E-state index contributed by atoms with van der Waals surface area (Å²) in [5.41, 5.74) is 1.81. The Bertz CT molecular complexity index is 850. The van der Waals surface area contributed by atoms with Crippen LogP contribution in [0, 0.1) is 19.7 Å². The van der Waals surface area contributed by atoms with Gasteiger partial charge in [0.2, 0.25) is 6.04 Å². The number of aryl methyl sites for hydroxylation is 2. The number of aromatic nitrogens is 3. The highest BCUT2D eigenvalue weighted by molar-refractivity contribution is 5.34. The first-order valence-corrected chi connectivity index (χ1v) is 8.94. The maximum absolute atomic E-state index is 13.3. The van der Waals surface area contributed by atoms with Gasteiger partial charge in [-0.05, 0) is 57.5 Å². The van der Waals surface area contributed by atoms with E-state index in [0.29, 0.717) is 27.7 Å². The second-order valence-corrected chi connectivity index (χ2v) is 7.21. The first-order valence-electron chi connectivity index (χ1n) is 8.94. The van der Waals surface area contributed by atoms with Gasteiger partial charge in [-0.15, -0.1) is 0 Å². The lowest BCUT2D eigenvalue weighted by atomic mass is 9.92. The minimum absolute atomic E-state index is 0.120. The highest BCUT2D eigenvalue weighted by Crippen LogP contribution is 2.40. The molecule has 3 rings (SSSR count). The molecule has 4 nitrogen and oxygen atoms in total. The van der Waals surface area contributed by atoms with Crippen molar-refractivity contribution in [3.8, 4) is 5.82 Å². The van der Waals surface area contributed by atoms with E-state index in [-0.39, 0.29) is 31.8 Å². The first-order chi connectivity index (χ1) is 13.4. The summed E-state index contributed by atoms with van der Waals surface area (Å²) in [7, 11) is 0. The lowest BCUT2D eigenvalue weighted by Gasteiger charge is -2.38. The van der Waals surface area contributed by atoms with Crippen LogP contribution in [-0.4, -0.2) is 51.1 Å². The van der Waals surface area contributed by atoms with E-state index in [1.165, 1.54) is 10.7 Å². The molecule has 0 N–H and O–H groups in total. The summed E-state index contributed by atoms with van der Waals surface area (Å²) >= 11 is 0. The highest BCUT2D eigenvalue weighted by atomic mass is 19.4. The topological polar surface area (TPSA) is 34.0 Å². The predicted octanol–water partition coefficient (Wildman–Crippen LogP) is 4.70. The summed E-state index contributed by atoms with van der Waals surface area (Å²) in [5.74, 6) is -0.344. The van der Waals surface area contributed by atoms with Crippen LogP contribution in [-0.2, 0) is 0 Å². The Kier molecular flexibility index (Phi) is 5.63. The monoisotopic (exact) mass is 424 g/mol. The molecule has 2 aromatic heterocycles. The Hall–Kier alpha value is -2.17. The van der Waals surface area contributed by atoms with Crippen molar-refractivity contribution in [2.24, 2.45) is 0 Å². The molecule has 1 aliphatic heterocycles. The molecule has 0 radical (unpaired) electrons. The Morgan fingerprint density at radius 1 is 1.00 bits per heavy atom. The van der Waals surface area contributed by atoms with Crippen molar-refractivity contribution < 1.29 is 30.7 Å². The zero-order valence-corrected chi connectivity index (χ0v) is 15.6. The van der Waals surface area contributed by atoms with Gasteiger partial charge in [0, 0.05) is 11.6 Å². The molecule has 0 amide bonds. The lowest BCUT2D eigenvalue weighted by molar-refractivity contribution is -0.289. The van der Waals surface area contributed by atoms with Crippen molar-refractivity contribution in [1.82, 2.24) is 19.7 Å². The van der Waals surface area contributed by atoms with Crippen LogP contribution in [0.3, 0.4) is 0 Å². The quantitative estimate of drug-likeness (QED) is 0.671. The van der Waals surface area contributed by atoms with Gasteiger partial charge < -0.3 is 0 Å². The fourth-order valence-electron chi connectivity index (χ4n) is 3.72. The molecule has 1 fully saturated rings. The second-order valence-electron chi connectivity index (χ2n) is 7.21. The van der Waals surface area contributed by atoms with Gasteiger partial charge in [0.1, 0.15) is 5.82 Å². The van der Waals surface area contributed by atoms with Crippen molar-refractivity contribution in [1.29, 1.82) is 0 Å².